The van der Waals surface area contributed by atoms with Crippen molar-refractivity contribution in [1.29, 1.82) is 0 Å². The minimum atomic E-state index is -0.912. The SMILES string of the molecule is COC(=O)c1ccccc1NC(O)CSc1nnc(C2=CC=CCCC2)n1-c1ccccc1. The molecule has 0 spiro atoms. The number of anilines is 1. The molecule has 8 heteroatoms. The Morgan fingerprint density at radius 1 is 1.18 bits per heavy atom. The number of methoxy groups -OCH3 is 1. The van der Waals surface area contributed by atoms with Gasteiger partial charge in [0.25, 0.3) is 0 Å². The third-order valence-corrected chi connectivity index (χ3v) is 6.21. The van der Waals surface area contributed by atoms with Crippen molar-refractivity contribution in [2.45, 2.75) is 30.6 Å². The van der Waals surface area contributed by atoms with Crippen LogP contribution in [0.25, 0.3) is 11.3 Å². The topological polar surface area (TPSA) is 89.3 Å². The van der Waals surface area contributed by atoms with Crippen LogP contribution in [0.5, 0.6) is 0 Å². The number of aliphatic hydroxyl groups is 1. The van der Waals surface area contributed by atoms with Gasteiger partial charge in [0.15, 0.2) is 11.0 Å². The number of esters is 1. The molecule has 2 N–H and O–H groups in total. The minimum absolute atomic E-state index is 0.305. The number of carbonyl (C=O) groups is 1. The lowest BCUT2D eigenvalue weighted by molar-refractivity contribution is 0.0601. The van der Waals surface area contributed by atoms with Crippen LogP contribution < -0.4 is 5.32 Å². The molecule has 0 saturated heterocycles. The summed E-state index contributed by atoms with van der Waals surface area (Å²) < 4.78 is 6.86. The number of aliphatic hydroxyl groups excluding tert-OH is 1. The van der Waals surface area contributed by atoms with Crippen molar-refractivity contribution in [1.82, 2.24) is 14.8 Å². The van der Waals surface area contributed by atoms with Gasteiger partial charge in [0.2, 0.25) is 0 Å². The lowest BCUT2D eigenvalue weighted by Gasteiger charge is -2.16. The molecule has 33 heavy (non-hydrogen) atoms. The number of nitrogens with zero attached hydrogens (tertiary/aromatic N) is 3. The van der Waals surface area contributed by atoms with E-state index in [0.29, 0.717) is 22.2 Å². The van der Waals surface area contributed by atoms with Gasteiger partial charge in [-0.25, -0.2) is 4.79 Å². The smallest absolute Gasteiger partial charge is 0.339 e. The number of allylic oxidation sites excluding steroid dienone is 4. The molecule has 1 aliphatic carbocycles. The summed E-state index contributed by atoms with van der Waals surface area (Å²) in [6.45, 7) is 0. The number of para-hydroxylation sites is 2. The van der Waals surface area contributed by atoms with Crippen LogP contribution in [-0.4, -0.2) is 44.9 Å². The molecule has 4 rings (SSSR count). The van der Waals surface area contributed by atoms with E-state index in [1.165, 1.54) is 18.9 Å². The molecule has 2 aromatic carbocycles. The van der Waals surface area contributed by atoms with Crippen molar-refractivity contribution in [3.8, 4) is 5.69 Å². The van der Waals surface area contributed by atoms with E-state index in [9.17, 15) is 9.90 Å². The summed E-state index contributed by atoms with van der Waals surface area (Å²) in [5.74, 6) is 0.658. The highest BCUT2D eigenvalue weighted by atomic mass is 32.2. The van der Waals surface area contributed by atoms with E-state index in [-0.39, 0.29) is 0 Å². The highest BCUT2D eigenvalue weighted by Gasteiger charge is 2.20. The van der Waals surface area contributed by atoms with Crippen molar-refractivity contribution in [3.63, 3.8) is 0 Å². The second-order valence-electron chi connectivity index (χ2n) is 7.50. The van der Waals surface area contributed by atoms with Gasteiger partial charge in [-0.3, -0.25) is 4.57 Å². The first-order valence-electron chi connectivity index (χ1n) is 10.8. The van der Waals surface area contributed by atoms with E-state index in [1.807, 2.05) is 34.9 Å². The predicted molar refractivity (Wildman–Crippen MR) is 130 cm³/mol. The zero-order chi connectivity index (χ0) is 23.0. The fourth-order valence-corrected chi connectivity index (χ4v) is 4.42. The Kier molecular flexibility index (Phi) is 7.59. The fraction of sp³-hybridized carbons (Fsp3) is 0.240. The van der Waals surface area contributed by atoms with E-state index in [0.717, 1.165) is 36.3 Å². The van der Waals surface area contributed by atoms with Gasteiger partial charge in [0, 0.05) is 11.4 Å². The number of aromatic nitrogens is 3. The number of nitrogens with one attached hydrogen (secondary N) is 1. The summed E-state index contributed by atoms with van der Waals surface area (Å²) in [6, 6.07) is 16.9. The Balaban J connectivity index is 1.55. The molecule has 0 radical (unpaired) electrons. The van der Waals surface area contributed by atoms with Gasteiger partial charge < -0.3 is 15.2 Å². The van der Waals surface area contributed by atoms with Crippen LogP contribution in [0.15, 0.2) is 78.0 Å². The predicted octanol–water partition coefficient (Wildman–Crippen LogP) is 4.70. The first kappa shape index (κ1) is 22.8. The van der Waals surface area contributed by atoms with Crippen molar-refractivity contribution in [3.05, 3.63) is 84.2 Å². The summed E-state index contributed by atoms with van der Waals surface area (Å²) in [4.78, 5) is 12.0. The highest BCUT2D eigenvalue weighted by Crippen LogP contribution is 2.29. The van der Waals surface area contributed by atoms with Crippen molar-refractivity contribution in [2.75, 3.05) is 18.2 Å². The molecule has 0 amide bonds. The lowest BCUT2D eigenvalue weighted by Crippen LogP contribution is -2.23. The van der Waals surface area contributed by atoms with Crippen LogP contribution >= 0.6 is 11.8 Å². The van der Waals surface area contributed by atoms with Gasteiger partial charge >= 0.3 is 5.97 Å². The van der Waals surface area contributed by atoms with Gasteiger partial charge in [0.1, 0.15) is 6.23 Å². The molecule has 0 saturated carbocycles. The fourth-order valence-electron chi connectivity index (χ4n) is 3.61. The first-order chi connectivity index (χ1) is 16.2. The average Bonchev–Trinajstić information content (AvgIpc) is 3.08. The Bertz CT molecular complexity index is 1160. The maximum atomic E-state index is 12.0. The first-order valence-corrected chi connectivity index (χ1v) is 11.8. The van der Waals surface area contributed by atoms with Gasteiger partial charge in [0.05, 0.1) is 18.4 Å². The van der Waals surface area contributed by atoms with Gasteiger partial charge in [-0.15, -0.1) is 10.2 Å². The Labute approximate surface area is 197 Å². The maximum absolute atomic E-state index is 12.0. The minimum Gasteiger partial charge on any atom is -0.465 e. The highest BCUT2D eigenvalue weighted by molar-refractivity contribution is 7.99. The lowest BCUT2D eigenvalue weighted by atomic mass is 10.1. The van der Waals surface area contributed by atoms with Crippen molar-refractivity contribution in [2.24, 2.45) is 0 Å². The van der Waals surface area contributed by atoms with Crippen LogP contribution in [0.2, 0.25) is 0 Å². The Morgan fingerprint density at radius 2 is 1.97 bits per heavy atom. The Morgan fingerprint density at radius 3 is 2.79 bits per heavy atom. The molecule has 0 fully saturated rings. The van der Waals surface area contributed by atoms with E-state index >= 15 is 0 Å². The van der Waals surface area contributed by atoms with Crippen molar-refractivity contribution < 1.29 is 14.6 Å². The molecule has 1 heterocycles. The van der Waals surface area contributed by atoms with Gasteiger partial charge in [-0.2, -0.15) is 0 Å². The molecule has 3 aromatic rings. The summed E-state index contributed by atoms with van der Waals surface area (Å²) in [5.41, 5.74) is 2.98. The molecule has 170 valence electrons. The molecule has 1 aliphatic rings. The number of rotatable bonds is 8. The van der Waals surface area contributed by atoms with Crippen LogP contribution in [0.3, 0.4) is 0 Å². The summed E-state index contributed by atoms with van der Waals surface area (Å²) in [6.07, 6.45) is 8.47. The van der Waals surface area contributed by atoms with Crippen LogP contribution in [0, 0.1) is 0 Å². The summed E-state index contributed by atoms with van der Waals surface area (Å²) >= 11 is 1.39. The Hall–Kier alpha value is -3.36. The third-order valence-electron chi connectivity index (χ3n) is 5.21. The molecule has 7 nitrogen and oxygen atoms in total. The second kappa shape index (κ2) is 11.0. The van der Waals surface area contributed by atoms with E-state index in [4.69, 9.17) is 4.74 Å². The van der Waals surface area contributed by atoms with Gasteiger partial charge in [-0.05, 0) is 49.1 Å². The normalized spacial score (nSPS) is 14.3. The average molecular weight is 463 g/mol. The van der Waals surface area contributed by atoms with Crippen LogP contribution in [-0.2, 0) is 4.74 Å². The zero-order valence-electron chi connectivity index (χ0n) is 18.3. The molecule has 1 aromatic heterocycles. The molecule has 0 aliphatic heterocycles. The largest absolute Gasteiger partial charge is 0.465 e. The number of carbonyl (C=O) groups excluding carboxylic acids is 1. The standard InChI is InChI=1S/C25H26N4O3S/c1-32-24(31)20-15-9-10-16-21(20)26-22(30)17-33-25-28-27-23(18-11-5-2-3-6-12-18)29(25)19-13-7-4-8-14-19/h2,4-5,7-11,13-16,22,26,30H,3,6,12,17H2,1H3. The maximum Gasteiger partial charge on any atom is 0.339 e. The number of hydrogen-bond donors (Lipinski definition) is 2. The summed E-state index contributed by atoms with van der Waals surface area (Å²) in [7, 11) is 1.33. The van der Waals surface area contributed by atoms with Crippen LogP contribution in [0.1, 0.15) is 35.4 Å². The number of ether oxygens (including phenoxy) is 1. The molecular formula is C25H26N4O3S. The zero-order valence-corrected chi connectivity index (χ0v) is 19.2. The molecule has 1 unspecified atom stereocenters. The van der Waals surface area contributed by atoms with E-state index in [2.05, 4.69) is 33.7 Å². The summed E-state index contributed by atoms with van der Waals surface area (Å²) in [5, 5.41) is 23.2. The quantitative estimate of drug-likeness (QED) is 0.285. The van der Waals surface area contributed by atoms with E-state index in [1.54, 1.807) is 24.3 Å². The monoisotopic (exact) mass is 462 g/mol. The number of hydrogen-bond acceptors (Lipinski definition) is 7. The third kappa shape index (κ3) is 5.53. The second-order valence-corrected chi connectivity index (χ2v) is 8.48. The molecule has 1 atom stereocenters. The number of benzene rings is 2. The van der Waals surface area contributed by atoms with Crippen molar-refractivity contribution >= 4 is 29.0 Å². The van der Waals surface area contributed by atoms with Gasteiger partial charge in [-0.1, -0.05) is 60.3 Å². The van der Waals surface area contributed by atoms with E-state index < -0.39 is 12.2 Å². The molecular weight excluding hydrogens is 436 g/mol. The number of thioether (sulfide) groups is 1. The van der Waals surface area contributed by atoms with Crippen LogP contribution in [0.4, 0.5) is 5.69 Å². The molecule has 0 bridgehead atoms.